The molecule has 1 amide bonds. The van der Waals surface area contributed by atoms with Crippen LogP contribution in [-0.4, -0.2) is 29.6 Å². The molecule has 1 rings (SSSR count). The van der Waals surface area contributed by atoms with Crippen molar-refractivity contribution in [3.05, 3.63) is 0 Å². The van der Waals surface area contributed by atoms with E-state index in [2.05, 4.69) is 26.1 Å². The van der Waals surface area contributed by atoms with E-state index in [1.165, 1.54) is 0 Å². The van der Waals surface area contributed by atoms with E-state index < -0.39 is 11.9 Å². The fourth-order valence-electron chi connectivity index (χ4n) is 2.78. The van der Waals surface area contributed by atoms with Gasteiger partial charge in [-0.05, 0) is 24.2 Å². The van der Waals surface area contributed by atoms with Gasteiger partial charge in [0.25, 0.3) is 0 Å². The van der Waals surface area contributed by atoms with E-state index in [1.54, 1.807) is 6.92 Å². The zero-order valence-electron chi connectivity index (χ0n) is 12.3. The number of nitrogens with two attached hydrogens (primary N) is 1. The summed E-state index contributed by atoms with van der Waals surface area (Å²) < 4.78 is 0. The molecule has 0 radical (unpaired) electrons. The lowest BCUT2D eigenvalue weighted by atomic mass is 9.61. The van der Waals surface area contributed by atoms with Crippen LogP contribution in [-0.2, 0) is 9.59 Å². The Morgan fingerprint density at radius 2 is 2.00 bits per heavy atom. The molecule has 4 atom stereocenters. The second-order valence-corrected chi connectivity index (χ2v) is 6.39. The molecule has 0 aliphatic heterocycles. The predicted octanol–water partition coefficient (Wildman–Crippen LogP) is 1.22. The minimum Gasteiger partial charge on any atom is -0.481 e. The first-order valence-corrected chi connectivity index (χ1v) is 6.94. The second kappa shape index (κ2) is 5.90. The first-order valence-electron chi connectivity index (χ1n) is 6.94. The molecule has 0 heterocycles. The van der Waals surface area contributed by atoms with Gasteiger partial charge in [-0.3, -0.25) is 9.59 Å². The van der Waals surface area contributed by atoms with Gasteiger partial charge in [-0.1, -0.05) is 27.7 Å². The average molecular weight is 270 g/mol. The highest BCUT2D eigenvalue weighted by Gasteiger charge is 2.44. The normalized spacial score (nSPS) is 31.5. The van der Waals surface area contributed by atoms with Gasteiger partial charge in [0.1, 0.15) is 0 Å². The van der Waals surface area contributed by atoms with Crippen molar-refractivity contribution in [2.24, 2.45) is 28.9 Å². The number of carbonyl (C=O) groups excluding carboxylic acids is 1. The number of rotatable bonds is 4. The zero-order chi connectivity index (χ0) is 14.8. The summed E-state index contributed by atoms with van der Waals surface area (Å²) in [4.78, 5) is 23.0. The molecule has 1 aliphatic carbocycles. The van der Waals surface area contributed by atoms with Crippen molar-refractivity contribution in [3.63, 3.8) is 0 Å². The quantitative estimate of drug-likeness (QED) is 0.716. The van der Waals surface area contributed by atoms with Gasteiger partial charge in [-0.2, -0.15) is 0 Å². The first-order chi connectivity index (χ1) is 8.67. The van der Waals surface area contributed by atoms with Gasteiger partial charge < -0.3 is 16.2 Å². The number of carboxylic acids is 1. The first kappa shape index (κ1) is 16.0. The van der Waals surface area contributed by atoms with Crippen LogP contribution in [0.3, 0.4) is 0 Å². The summed E-state index contributed by atoms with van der Waals surface area (Å²) in [6.07, 6.45) is 1.61. The molecule has 19 heavy (non-hydrogen) atoms. The summed E-state index contributed by atoms with van der Waals surface area (Å²) in [5.74, 6) is -1.32. The highest BCUT2D eigenvalue weighted by molar-refractivity contribution is 5.80. The topological polar surface area (TPSA) is 92.4 Å². The van der Waals surface area contributed by atoms with Crippen LogP contribution < -0.4 is 11.1 Å². The Kier molecular flexibility index (Phi) is 4.96. The van der Waals surface area contributed by atoms with Gasteiger partial charge in [0, 0.05) is 18.5 Å². The minimum absolute atomic E-state index is 0.0446. The summed E-state index contributed by atoms with van der Waals surface area (Å²) >= 11 is 0. The van der Waals surface area contributed by atoms with E-state index in [0.717, 1.165) is 12.8 Å². The third kappa shape index (κ3) is 3.47. The molecule has 0 aromatic heterocycles. The lowest BCUT2D eigenvalue weighted by molar-refractivity contribution is -0.141. The number of nitrogens with one attached hydrogen (secondary N) is 1. The van der Waals surface area contributed by atoms with Crippen LogP contribution in [0.1, 0.15) is 40.5 Å². The largest absolute Gasteiger partial charge is 0.481 e. The Balaban J connectivity index is 2.64. The third-order valence-electron chi connectivity index (χ3n) is 4.82. The molecular weight excluding hydrogens is 244 g/mol. The third-order valence-corrected chi connectivity index (χ3v) is 4.82. The highest BCUT2D eigenvalue weighted by atomic mass is 16.4. The summed E-state index contributed by atoms with van der Waals surface area (Å²) in [6.45, 7) is 8.00. The Bertz CT molecular complexity index is 355. The van der Waals surface area contributed by atoms with Gasteiger partial charge in [0.15, 0.2) is 0 Å². The van der Waals surface area contributed by atoms with Crippen molar-refractivity contribution < 1.29 is 14.7 Å². The summed E-state index contributed by atoms with van der Waals surface area (Å²) in [6, 6.07) is 0.136. The van der Waals surface area contributed by atoms with E-state index in [1.807, 2.05) is 0 Å². The van der Waals surface area contributed by atoms with Crippen LogP contribution in [0.2, 0.25) is 0 Å². The summed E-state index contributed by atoms with van der Waals surface area (Å²) in [7, 11) is 0. The molecule has 0 saturated heterocycles. The summed E-state index contributed by atoms with van der Waals surface area (Å²) in [5.41, 5.74) is 5.91. The van der Waals surface area contributed by atoms with Gasteiger partial charge in [-0.25, -0.2) is 0 Å². The molecule has 110 valence electrons. The second-order valence-electron chi connectivity index (χ2n) is 6.39. The number of hydrogen-bond acceptors (Lipinski definition) is 3. The molecule has 1 fully saturated rings. The highest BCUT2D eigenvalue weighted by Crippen LogP contribution is 2.44. The van der Waals surface area contributed by atoms with E-state index in [9.17, 15) is 9.59 Å². The van der Waals surface area contributed by atoms with Crippen molar-refractivity contribution >= 4 is 11.9 Å². The smallest absolute Gasteiger partial charge is 0.308 e. The van der Waals surface area contributed by atoms with Crippen LogP contribution in [0.25, 0.3) is 0 Å². The zero-order valence-corrected chi connectivity index (χ0v) is 12.3. The van der Waals surface area contributed by atoms with Gasteiger partial charge in [0.05, 0.1) is 5.92 Å². The molecule has 1 aliphatic rings. The summed E-state index contributed by atoms with van der Waals surface area (Å²) in [5, 5.41) is 11.6. The van der Waals surface area contributed by atoms with Crippen molar-refractivity contribution in [1.82, 2.24) is 5.32 Å². The molecule has 1 saturated carbocycles. The van der Waals surface area contributed by atoms with Crippen molar-refractivity contribution in [3.8, 4) is 0 Å². The number of hydrogen-bond donors (Lipinski definition) is 3. The van der Waals surface area contributed by atoms with Crippen molar-refractivity contribution in [2.45, 2.75) is 46.6 Å². The number of carbonyl (C=O) groups is 2. The molecule has 0 aromatic rings. The monoisotopic (exact) mass is 270 g/mol. The maximum atomic E-state index is 12.2. The van der Waals surface area contributed by atoms with Crippen LogP contribution in [0, 0.1) is 23.2 Å². The van der Waals surface area contributed by atoms with E-state index in [4.69, 9.17) is 10.8 Å². The molecule has 4 unspecified atom stereocenters. The van der Waals surface area contributed by atoms with Crippen LogP contribution in [0.15, 0.2) is 0 Å². The van der Waals surface area contributed by atoms with E-state index >= 15 is 0 Å². The van der Waals surface area contributed by atoms with Crippen LogP contribution >= 0.6 is 0 Å². The predicted molar refractivity (Wildman–Crippen MR) is 73.5 cm³/mol. The van der Waals surface area contributed by atoms with Gasteiger partial charge in [0.2, 0.25) is 5.91 Å². The molecule has 0 bridgehead atoms. The van der Waals surface area contributed by atoms with E-state index in [0.29, 0.717) is 0 Å². The number of carboxylic acid groups (broad SMARTS) is 1. The number of amides is 1. The SMILES string of the molecule is CC(CNC(=O)C1CCC(N)C(C)C1(C)C)C(=O)O. The van der Waals surface area contributed by atoms with Crippen molar-refractivity contribution in [2.75, 3.05) is 6.54 Å². The minimum atomic E-state index is -0.890. The standard InChI is InChI=1S/C14H26N2O3/c1-8(13(18)19)7-16-12(17)10-5-6-11(15)9(2)14(10,3)4/h8-11H,5-7,15H2,1-4H3,(H,16,17)(H,18,19). The van der Waals surface area contributed by atoms with Crippen LogP contribution in [0.5, 0.6) is 0 Å². The molecule has 0 spiro atoms. The Morgan fingerprint density at radius 3 is 2.53 bits per heavy atom. The van der Waals surface area contributed by atoms with Crippen molar-refractivity contribution in [1.29, 1.82) is 0 Å². The Hall–Kier alpha value is -1.10. The Morgan fingerprint density at radius 1 is 1.42 bits per heavy atom. The number of aliphatic carboxylic acids is 1. The maximum absolute atomic E-state index is 12.2. The van der Waals surface area contributed by atoms with Gasteiger partial charge >= 0.3 is 5.97 Å². The molecule has 0 aromatic carbocycles. The maximum Gasteiger partial charge on any atom is 0.308 e. The average Bonchev–Trinajstić information content (AvgIpc) is 2.32. The lowest BCUT2D eigenvalue weighted by Crippen LogP contribution is -2.52. The fourth-order valence-corrected chi connectivity index (χ4v) is 2.78. The molecular formula is C14H26N2O3. The fraction of sp³-hybridized carbons (Fsp3) is 0.857. The molecule has 5 heteroatoms. The molecule has 4 N–H and O–H groups in total. The van der Waals surface area contributed by atoms with Crippen LogP contribution in [0.4, 0.5) is 0 Å². The van der Waals surface area contributed by atoms with Gasteiger partial charge in [-0.15, -0.1) is 0 Å². The van der Waals surface area contributed by atoms with E-state index in [-0.39, 0.29) is 35.7 Å². The molecule has 5 nitrogen and oxygen atoms in total. The Labute approximate surface area is 114 Å². The lowest BCUT2D eigenvalue weighted by Gasteiger charge is -2.46.